The first kappa shape index (κ1) is 16.0. The SMILES string of the molecule is CC(C)NC(C)(CCN1CCc2ccccc2C1)C(N)=O. The average Bonchev–Trinajstić information content (AvgIpc) is 2.44. The van der Waals surface area contributed by atoms with Gasteiger partial charge in [-0.2, -0.15) is 0 Å². The Morgan fingerprint density at radius 2 is 2.05 bits per heavy atom. The third kappa shape index (κ3) is 4.05. The van der Waals surface area contributed by atoms with Crippen LogP contribution in [0.25, 0.3) is 0 Å². The van der Waals surface area contributed by atoms with Gasteiger partial charge >= 0.3 is 0 Å². The van der Waals surface area contributed by atoms with E-state index in [0.29, 0.717) is 0 Å². The standard InChI is InChI=1S/C17H27N3O/c1-13(2)19-17(3,16(18)21)9-11-20-10-8-14-6-4-5-7-15(14)12-20/h4-7,13,19H,8-12H2,1-3H3,(H2,18,21). The summed E-state index contributed by atoms with van der Waals surface area (Å²) in [6.45, 7) is 8.89. The third-order valence-corrected chi connectivity index (χ3v) is 4.29. The maximum atomic E-state index is 11.8. The topological polar surface area (TPSA) is 58.4 Å². The van der Waals surface area contributed by atoms with Crippen molar-refractivity contribution in [3.63, 3.8) is 0 Å². The molecule has 1 aromatic carbocycles. The van der Waals surface area contributed by atoms with Gasteiger partial charge in [0.15, 0.2) is 0 Å². The minimum absolute atomic E-state index is 0.240. The van der Waals surface area contributed by atoms with Crippen molar-refractivity contribution in [2.75, 3.05) is 13.1 Å². The number of hydrogen-bond acceptors (Lipinski definition) is 3. The molecule has 1 unspecified atom stereocenters. The monoisotopic (exact) mass is 289 g/mol. The van der Waals surface area contributed by atoms with Gasteiger partial charge in [-0.1, -0.05) is 24.3 Å². The highest BCUT2D eigenvalue weighted by atomic mass is 16.1. The van der Waals surface area contributed by atoms with Crippen LogP contribution in [0.15, 0.2) is 24.3 Å². The molecular weight excluding hydrogens is 262 g/mol. The van der Waals surface area contributed by atoms with Crippen LogP contribution < -0.4 is 11.1 Å². The molecule has 0 fully saturated rings. The predicted octanol–water partition coefficient (Wildman–Crippen LogP) is 1.68. The first-order valence-corrected chi connectivity index (χ1v) is 7.77. The summed E-state index contributed by atoms with van der Waals surface area (Å²) in [5, 5.41) is 3.31. The van der Waals surface area contributed by atoms with Crippen molar-refractivity contribution >= 4 is 5.91 Å². The number of fused-ring (bicyclic) bond motifs is 1. The lowest BCUT2D eigenvalue weighted by Gasteiger charge is -2.34. The Balaban J connectivity index is 1.95. The Morgan fingerprint density at radius 3 is 2.67 bits per heavy atom. The number of nitrogens with one attached hydrogen (secondary N) is 1. The van der Waals surface area contributed by atoms with E-state index >= 15 is 0 Å². The van der Waals surface area contributed by atoms with Gasteiger partial charge in [-0.25, -0.2) is 0 Å². The lowest BCUT2D eigenvalue weighted by atomic mass is 9.94. The maximum absolute atomic E-state index is 11.8. The van der Waals surface area contributed by atoms with Crippen molar-refractivity contribution < 1.29 is 4.79 Å². The Bertz CT molecular complexity index is 501. The van der Waals surface area contributed by atoms with Crippen LogP contribution in [-0.4, -0.2) is 35.5 Å². The number of primary amides is 1. The highest BCUT2D eigenvalue weighted by Gasteiger charge is 2.32. The van der Waals surface area contributed by atoms with E-state index in [9.17, 15) is 4.79 Å². The molecule has 4 nitrogen and oxygen atoms in total. The summed E-state index contributed by atoms with van der Waals surface area (Å²) in [6, 6.07) is 8.84. The van der Waals surface area contributed by atoms with Crippen LogP contribution in [0, 0.1) is 0 Å². The molecule has 0 aliphatic carbocycles. The number of benzene rings is 1. The number of rotatable bonds is 6. The van der Waals surface area contributed by atoms with E-state index in [0.717, 1.165) is 32.5 Å². The summed E-state index contributed by atoms with van der Waals surface area (Å²) in [6.07, 6.45) is 1.82. The lowest BCUT2D eigenvalue weighted by Crippen LogP contribution is -2.56. The summed E-state index contributed by atoms with van der Waals surface area (Å²) >= 11 is 0. The number of hydrogen-bond donors (Lipinski definition) is 2. The van der Waals surface area contributed by atoms with Gasteiger partial charge in [0.25, 0.3) is 0 Å². The number of amides is 1. The van der Waals surface area contributed by atoms with Crippen LogP contribution >= 0.6 is 0 Å². The van der Waals surface area contributed by atoms with Crippen molar-refractivity contribution in [1.82, 2.24) is 10.2 Å². The van der Waals surface area contributed by atoms with Crippen LogP contribution in [0.2, 0.25) is 0 Å². The Morgan fingerprint density at radius 1 is 1.38 bits per heavy atom. The van der Waals surface area contributed by atoms with Crippen LogP contribution in [-0.2, 0) is 17.8 Å². The van der Waals surface area contributed by atoms with Crippen molar-refractivity contribution in [3.05, 3.63) is 35.4 Å². The molecule has 3 N–H and O–H groups in total. The van der Waals surface area contributed by atoms with Crippen LogP contribution in [0.5, 0.6) is 0 Å². The van der Waals surface area contributed by atoms with Crippen LogP contribution in [0.4, 0.5) is 0 Å². The normalized spacial score (nSPS) is 18.3. The first-order chi connectivity index (χ1) is 9.90. The van der Waals surface area contributed by atoms with Crippen molar-refractivity contribution in [2.45, 2.75) is 51.7 Å². The summed E-state index contributed by atoms with van der Waals surface area (Å²) in [7, 11) is 0. The third-order valence-electron chi connectivity index (χ3n) is 4.29. The van der Waals surface area contributed by atoms with Gasteiger partial charge in [0, 0.05) is 25.7 Å². The molecule has 0 aromatic heterocycles. The fourth-order valence-corrected chi connectivity index (χ4v) is 3.03. The zero-order valence-electron chi connectivity index (χ0n) is 13.4. The molecule has 116 valence electrons. The second-order valence-electron chi connectivity index (χ2n) is 6.54. The number of nitrogens with zero attached hydrogens (tertiary/aromatic N) is 1. The molecule has 1 aliphatic rings. The van der Waals surface area contributed by atoms with E-state index in [4.69, 9.17) is 5.73 Å². The molecule has 0 spiro atoms. The zero-order chi connectivity index (χ0) is 15.5. The van der Waals surface area contributed by atoms with E-state index in [2.05, 4.69) is 34.5 Å². The molecule has 0 radical (unpaired) electrons. The Kier molecular flexibility index (Phi) is 5.01. The molecule has 0 saturated carbocycles. The molecule has 0 saturated heterocycles. The quantitative estimate of drug-likeness (QED) is 0.837. The smallest absolute Gasteiger partial charge is 0.237 e. The molecule has 4 heteroatoms. The predicted molar refractivity (Wildman–Crippen MR) is 85.9 cm³/mol. The van der Waals surface area contributed by atoms with E-state index in [-0.39, 0.29) is 11.9 Å². The number of nitrogens with two attached hydrogens (primary N) is 1. The van der Waals surface area contributed by atoms with E-state index in [1.165, 1.54) is 11.1 Å². The van der Waals surface area contributed by atoms with Gasteiger partial charge in [0.05, 0.1) is 5.54 Å². The van der Waals surface area contributed by atoms with Gasteiger partial charge in [-0.15, -0.1) is 0 Å². The largest absolute Gasteiger partial charge is 0.368 e. The number of carbonyl (C=O) groups is 1. The first-order valence-electron chi connectivity index (χ1n) is 7.77. The van der Waals surface area contributed by atoms with E-state index < -0.39 is 5.54 Å². The zero-order valence-corrected chi connectivity index (χ0v) is 13.4. The second-order valence-corrected chi connectivity index (χ2v) is 6.54. The van der Waals surface area contributed by atoms with E-state index in [1.807, 2.05) is 20.8 Å². The molecule has 1 aromatic rings. The highest BCUT2D eigenvalue weighted by molar-refractivity contribution is 5.84. The van der Waals surface area contributed by atoms with Crippen LogP contribution in [0.3, 0.4) is 0 Å². The molecule has 21 heavy (non-hydrogen) atoms. The van der Waals surface area contributed by atoms with Gasteiger partial charge < -0.3 is 11.1 Å². The molecular formula is C17H27N3O. The Labute approximate surface area is 127 Å². The summed E-state index contributed by atoms with van der Waals surface area (Å²) < 4.78 is 0. The molecule has 1 amide bonds. The molecule has 0 bridgehead atoms. The average molecular weight is 289 g/mol. The van der Waals surface area contributed by atoms with Gasteiger partial charge in [0.1, 0.15) is 0 Å². The molecule has 2 rings (SSSR count). The van der Waals surface area contributed by atoms with Gasteiger partial charge in [-0.3, -0.25) is 9.69 Å². The van der Waals surface area contributed by atoms with Gasteiger partial charge in [0.2, 0.25) is 5.91 Å². The maximum Gasteiger partial charge on any atom is 0.237 e. The van der Waals surface area contributed by atoms with Crippen molar-refractivity contribution in [3.8, 4) is 0 Å². The second kappa shape index (κ2) is 6.58. The minimum Gasteiger partial charge on any atom is -0.368 e. The Hall–Kier alpha value is -1.39. The van der Waals surface area contributed by atoms with Crippen molar-refractivity contribution in [2.24, 2.45) is 5.73 Å². The molecule has 1 atom stereocenters. The number of carbonyl (C=O) groups excluding carboxylic acids is 1. The fourth-order valence-electron chi connectivity index (χ4n) is 3.03. The summed E-state index contributed by atoms with van der Waals surface area (Å²) in [5.74, 6) is -0.270. The van der Waals surface area contributed by atoms with Gasteiger partial charge in [-0.05, 0) is 44.7 Å². The highest BCUT2D eigenvalue weighted by Crippen LogP contribution is 2.20. The fraction of sp³-hybridized carbons (Fsp3) is 0.588. The van der Waals surface area contributed by atoms with E-state index in [1.54, 1.807) is 0 Å². The summed E-state index contributed by atoms with van der Waals surface area (Å²) in [4.78, 5) is 14.2. The van der Waals surface area contributed by atoms with Crippen LogP contribution in [0.1, 0.15) is 38.3 Å². The lowest BCUT2D eigenvalue weighted by molar-refractivity contribution is -0.124. The minimum atomic E-state index is -0.634. The van der Waals surface area contributed by atoms with Crippen molar-refractivity contribution in [1.29, 1.82) is 0 Å². The summed E-state index contributed by atoms with van der Waals surface area (Å²) in [5.41, 5.74) is 7.81. The molecule has 1 heterocycles. The molecule has 1 aliphatic heterocycles.